The van der Waals surface area contributed by atoms with Crippen molar-refractivity contribution < 1.29 is 27.1 Å². The number of halogens is 3. The zero-order valence-corrected chi connectivity index (χ0v) is 12.3. The summed E-state index contributed by atoms with van der Waals surface area (Å²) in [5.74, 6) is -3.92. The Kier molecular flexibility index (Phi) is 4.34. The molecule has 0 radical (unpaired) electrons. The van der Waals surface area contributed by atoms with Crippen molar-refractivity contribution in [1.29, 1.82) is 0 Å². The van der Waals surface area contributed by atoms with Crippen LogP contribution in [0.2, 0.25) is 5.02 Å². The number of carbonyl (C=O) groups is 1. The van der Waals surface area contributed by atoms with Gasteiger partial charge in [0, 0.05) is 5.02 Å². The lowest BCUT2D eigenvalue weighted by Crippen LogP contribution is -2.16. The predicted molar refractivity (Wildman–Crippen MR) is 75.6 cm³/mol. The Morgan fingerprint density at radius 1 is 1.09 bits per heavy atom. The molecule has 0 spiro atoms. The first-order chi connectivity index (χ1) is 10.2. The quantitative estimate of drug-likeness (QED) is 0.890. The highest BCUT2D eigenvalue weighted by Crippen LogP contribution is 2.24. The van der Waals surface area contributed by atoms with Crippen molar-refractivity contribution in [2.24, 2.45) is 0 Å². The lowest BCUT2D eigenvalue weighted by molar-refractivity contribution is 0.0698. The number of carboxylic acids is 1. The monoisotopic (exact) mass is 347 g/mol. The summed E-state index contributed by atoms with van der Waals surface area (Å²) >= 11 is 5.71. The van der Waals surface area contributed by atoms with Crippen LogP contribution in [0.25, 0.3) is 0 Å². The second kappa shape index (κ2) is 5.90. The van der Waals surface area contributed by atoms with Gasteiger partial charge in [-0.15, -0.1) is 0 Å². The molecule has 2 rings (SSSR count). The summed E-state index contributed by atoms with van der Waals surface area (Å²) in [6.07, 6.45) is 0. The highest BCUT2D eigenvalue weighted by molar-refractivity contribution is 7.92. The Morgan fingerprint density at radius 3 is 2.36 bits per heavy atom. The van der Waals surface area contributed by atoms with Crippen molar-refractivity contribution in [3.05, 3.63) is 58.6 Å². The summed E-state index contributed by atoms with van der Waals surface area (Å²) in [5, 5.41) is 9.12. The number of nitrogens with one attached hydrogen (secondary N) is 1. The summed E-state index contributed by atoms with van der Waals surface area (Å²) in [6.45, 7) is 0. The minimum Gasteiger partial charge on any atom is -0.478 e. The van der Waals surface area contributed by atoms with Gasteiger partial charge in [0.25, 0.3) is 10.0 Å². The molecule has 9 heteroatoms. The molecule has 0 heterocycles. The highest BCUT2D eigenvalue weighted by Gasteiger charge is 2.20. The molecule has 0 fully saturated rings. The number of aromatic carboxylic acids is 1. The molecule has 0 aromatic heterocycles. The molecule has 0 aliphatic carbocycles. The maximum absolute atomic E-state index is 13.1. The molecular weight excluding hydrogens is 340 g/mol. The number of hydrogen-bond donors (Lipinski definition) is 2. The van der Waals surface area contributed by atoms with Crippen molar-refractivity contribution in [2.75, 3.05) is 4.72 Å². The van der Waals surface area contributed by atoms with E-state index in [9.17, 15) is 22.0 Å². The average Bonchev–Trinajstić information content (AvgIpc) is 2.41. The number of rotatable bonds is 4. The Balaban J connectivity index is 2.47. The molecule has 5 nitrogen and oxygen atoms in total. The first-order valence-electron chi connectivity index (χ1n) is 5.71. The van der Waals surface area contributed by atoms with E-state index in [-0.39, 0.29) is 16.3 Å². The van der Waals surface area contributed by atoms with Gasteiger partial charge in [0.2, 0.25) is 0 Å². The summed E-state index contributed by atoms with van der Waals surface area (Å²) in [7, 11) is -4.30. The average molecular weight is 348 g/mol. The van der Waals surface area contributed by atoms with Gasteiger partial charge >= 0.3 is 5.97 Å². The lowest BCUT2D eigenvalue weighted by atomic mass is 10.2. The second-order valence-corrected chi connectivity index (χ2v) is 6.30. The minimum atomic E-state index is -4.30. The minimum absolute atomic E-state index is 0.105. The third kappa shape index (κ3) is 3.34. The van der Waals surface area contributed by atoms with Gasteiger partial charge in [-0.05, 0) is 36.4 Å². The summed E-state index contributed by atoms with van der Waals surface area (Å²) < 4.78 is 52.2. The Bertz CT molecular complexity index is 855. The normalized spacial score (nSPS) is 11.2. The molecule has 0 bridgehead atoms. The van der Waals surface area contributed by atoms with Gasteiger partial charge < -0.3 is 5.11 Å². The van der Waals surface area contributed by atoms with E-state index >= 15 is 0 Å². The van der Waals surface area contributed by atoms with Crippen LogP contribution in [-0.4, -0.2) is 19.5 Å². The van der Waals surface area contributed by atoms with Crippen molar-refractivity contribution in [1.82, 2.24) is 0 Å². The van der Waals surface area contributed by atoms with Gasteiger partial charge in [-0.1, -0.05) is 11.6 Å². The molecule has 0 saturated carbocycles. The maximum Gasteiger partial charge on any atom is 0.337 e. The molecule has 2 aromatic rings. The molecule has 0 saturated heterocycles. The number of carboxylic acid groups (broad SMARTS) is 1. The SMILES string of the molecule is O=C(O)c1ccc(Cl)cc1NS(=O)(=O)c1ccc(F)c(F)c1. The van der Waals surface area contributed by atoms with Crippen molar-refractivity contribution in [3.63, 3.8) is 0 Å². The number of hydrogen-bond acceptors (Lipinski definition) is 3. The van der Waals surface area contributed by atoms with Crippen molar-refractivity contribution >= 4 is 33.3 Å². The van der Waals surface area contributed by atoms with Gasteiger partial charge in [0.1, 0.15) is 0 Å². The van der Waals surface area contributed by atoms with Crippen LogP contribution in [0.15, 0.2) is 41.3 Å². The fourth-order valence-electron chi connectivity index (χ4n) is 1.64. The van der Waals surface area contributed by atoms with Crippen LogP contribution < -0.4 is 4.72 Å². The van der Waals surface area contributed by atoms with Crippen LogP contribution in [0.1, 0.15) is 10.4 Å². The predicted octanol–water partition coefficient (Wildman–Crippen LogP) is 3.12. The van der Waals surface area contributed by atoms with Crippen LogP contribution in [0.4, 0.5) is 14.5 Å². The molecule has 2 aromatic carbocycles. The van der Waals surface area contributed by atoms with E-state index in [4.69, 9.17) is 16.7 Å². The third-order valence-corrected chi connectivity index (χ3v) is 4.26. The molecule has 22 heavy (non-hydrogen) atoms. The van der Waals surface area contributed by atoms with Gasteiger partial charge in [-0.3, -0.25) is 4.72 Å². The standard InChI is InChI=1S/C13H8ClF2NO4S/c14-7-1-3-9(13(18)19)12(5-7)17-22(20,21)8-2-4-10(15)11(16)6-8/h1-6,17H,(H,18,19). The molecule has 0 aliphatic rings. The molecule has 116 valence electrons. The van der Waals surface area contributed by atoms with Crippen LogP contribution >= 0.6 is 11.6 Å². The lowest BCUT2D eigenvalue weighted by Gasteiger charge is -2.11. The van der Waals surface area contributed by atoms with E-state index in [1.54, 1.807) is 0 Å². The van der Waals surface area contributed by atoms with Crippen molar-refractivity contribution in [2.45, 2.75) is 4.90 Å². The van der Waals surface area contributed by atoms with Gasteiger partial charge in [0.15, 0.2) is 11.6 Å². The van der Waals surface area contributed by atoms with Gasteiger partial charge in [-0.25, -0.2) is 22.0 Å². The Hall–Kier alpha value is -2.19. The summed E-state index contributed by atoms with van der Waals surface area (Å²) in [6, 6.07) is 5.49. The van der Waals surface area contributed by atoms with Crippen LogP contribution in [0.3, 0.4) is 0 Å². The fourth-order valence-corrected chi connectivity index (χ4v) is 2.89. The maximum atomic E-state index is 13.1. The highest BCUT2D eigenvalue weighted by atomic mass is 35.5. The summed E-state index contributed by atoms with van der Waals surface area (Å²) in [4.78, 5) is 10.5. The van der Waals surface area contributed by atoms with Crippen LogP contribution in [-0.2, 0) is 10.0 Å². The molecule has 0 amide bonds. The molecular formula is C13H8ClF2NO4S. The van der Waals surface area contributed by atoms with E-state index in [1.165, 1.54) is 6.07 Å². The summed E-state index contributed by atoms with van der Waals surface area (Å²) in [5.41, 5.74) is -0.625. The van der Waals surface area contributed by atoms with Crippen LogP contribution in [0, 0.1) is 11.6 Å². The van der Waals surface area contributed by atoms with E-state index in [0.29, 0.717) is 12.1 Å². The molecule has 0 aliphatic heterocycles. The molecule has 0 unspecified atom stereocenters. The van der Waals surface area contributed by atoms with Gasteiger partial charge in [-0.2, -0.15) is 0 Å². The van der Waals surface area contributed by atoms with E-state index in [0.717, 1.165) is 18.2 Å². The topological polar surface area (TPSA) is 83.5 Å². The van der Waals surface area contributed by atoms with E-state index in [2.05, 4.69) is 0 Å². The van der Waals surface area contributed by atoms with E-state index in [1.807, 2.05) is 4.72 Å². The largest absolute Gasteiger partial charge is 0.478 e. The smallest absolute Gasteiger partial charge is 0.337 e. The fraction of sp³-hybridized carbons (Fsp3) is 0. The Morgan fingerprint density at radius 2 is 1.77 bits per heavy atom. The third-order valence-electron chi connectivity index (χ3n) is 2.66. The van der Waals surface area contributed by atoms with E-state index < -0.39 is 32.5 Å². The van der Waals surface area contributed by atoms with Crippen LogP contribution in [0.5, 0.6) is 0 Å². The zero-order chi connectivity index (χ0) is 16.5. The first kappa shape index (κ1) is 16.2. The zero-order valence-electron chi connectivity index (χ0n) is 10.7. The number of sulfonamides is 1. The van der Waals surface area contributed by atoms with Crippen molar-refractivity contribution in [3.8, 4) is 0 Å². The van der Waals surface area contributed by atoms with Gasteiger partial charge in [0.05, 0.1) is 16.1 Å². The number of benzene rings is 2. The first-order valence-corrected chi connectivity index (χ1v) is 7.57. The Labute approximate surface area is 129 Å². The molecule has 0 atom stereocenters. The molecule has 2 N–H and O–H groups in total. The second-order valence-electron chi connectivity index (χ2n) is 4.18. The number of anilines is 1.